The van der Waals surface area contributed by atoms with E-state index in [4.69, 9.17) is 0 Å². The van der Waals surface area contributed by atoms with Crippen LogP contribution in [0.4, 0.5) is 13.2 Å². The number of nitrogens with zero attached hydrogens (tertiary/aromatic N) is 1. The number of hydrogen-bond acceptors (Lipinski definition) is 2. The lowest BCUT2D eigenvalue weighted by Crippen LogP contribution is -2.46. The van der Waals surface area contributed by atoms with E-state index in [1.54, 1.807) is 6.92 Å². The van der Waals surface area contributed by atoms with Gasteiger partial charge in [0.1, 0.15) is 6.54 Å². The second-order valence-electron chi connectivity index (χ2n) is 4.82. The van der Waals surface area contributed by atoms with Gasteiger partial charge < -0.3 is 10.2 Å². The Labute approximate surface area is 106 Å². The zero-order valence-corrected chi connectivity index (χ0v) is 10.9. The maximum atomic E-state index is 12.5. The number of rotatable bonds is 7. The first-order valence-corrected chi connectivity index (χ1v) is 6.42. The third-order valence-electron chi connectivity index (χ3n) is 3.23. The van der Waals surface area contributed by atoms with Gasteiger partial charge in [-0.3, -0.25) is 4.79 Å². The third-order valence-corrected chi connectivity index (χ3v) is 3.23. The highest BCUT2D eigenvalue weighted by Crippen LogP contribution is 2.36. The molecule has 1 fully saturated rings. The lowest BCUT2D eigenvalue weighted by molar-refractivity contribution is -0.166. The van der Waals surface area contributed by atoms with Crippen molar-refractivity contribution in [2.75, 3.05) is 19.6 Å². The highest BCUT2D eigenvalue weighted by molar-refractivity contribution is 5.76. The van der Waals surface area contributed by atoms with Gasteiger partial charge in [-0.15, -0.1) is 0 Å². The average molecular weight is 266 g/mol. The molecule has 0 aromatic rings. The molecule has 0 aliphatic heterocycles. The van der Waals surface area contributed by atoms with E-state index in [2.05, 4.69) is 5.32 Å². The number of amides is 1. The van der Waals surface area contributed by atoms with Crippen LogP contribution in [-0.4, -0.2) is 42.7 Å². The fourth-order valence-electron chi connectivity index (χ4n) is 2.00. The third kappa shape index (κ3) is 5.25. The SMILES string of the molecule is CCNCCC(=O)N(CC(F)(F)F)C(C)C1CC1. The molecular formula is C12H21F3N2O. The molecule has 0 heterocycles. The van der Waals surface area contributed by atoms with Gasteiger partial charge in [0.05, 0.1) is 0 Å². The second kappa shape index (κ2) is 6.41. The summed E-state index contributed by atoms with van der Waals surface area (Å²) in [5.41, 5.74) is 0. The molecule has 1 unspecified atom stereocenters. The Balaban J connectivity index is 2.55. The highest BCUT2D eigenvalue weighted by Gasteiger charge is 2.40. The molecule has 1 aliphatic rings. The quantitative estimate of drug-likeness (QED) is 0.716. The molecule has 3 nitrogen and oxygen atoms in total. The second-order valence-corrected chi connectivity index (χ2v) is 4.82. The molecule has 0 radical (unpaired) electrons. The predicted molar refractivity (Wildman–Crippen MR) is 63.1 cm³/mol. The number of hydrogen-bond donors (Lipinski definition) is 1. The lowest BCUT2D eigenvalue weighted by atomic mass is 10.1. The summed E-state index contributed by atoms with van der Waals surface area (Å²) < 4.78 is 37.5. The normalized spacial score (nSPS) is 17.6. The summed E-state index contributed by atoms with van der Waals surface area (Å²) in [6.45, 7) is 3.63. The van der Waals surface area contributed by atoms with Crippen molar-refractivity contribution in [3.63, 3.8) is 0 Å². The Hall–Kier alpha value is -0.780. The van der Waals surface area contributed by atoms with E-state index in [9.17, 15) is 18.0 Å². The summed E-state index contributed by atoms with van der Waals surface area (Å²) in [5.74, 6) is -0.164. The molecule has 0 bridgehead atoms. The summed E-state index contributed by atoms with van der Waals surface area (Å²) in [7, 11) is 0. The number of halogens is 3. The van der Waals surface area contributed by atoms with Crippen LogP contribution in [0.25, 0.3) is 0 Å². The van der Waals surface area contributed by atoms with E-state index in [-0.39, 0.29) is 18.4 Å². The zero-order valence-electron chi connectivity index (χ0n) is 10.9. The molecule has 6 heteroatoms. The summed E-state index contributed by atoms with van der Waals surface area (Å²) in [4.78, 5) is 12.9. The Morgan fingerprint density at radius 3 is 2.50 bits per heavy atom. The minimum atomic E-state index is -4.32. The monoisotopic (exact) mass is 266 g/mol. The molecule has 1 saturated carbocycles. The van der Waals surface area contributed by atoms with Crippen molar-refractivity contribution in [1.82, 2.24) is 10.2 Å². The summed E-state index contributed by atoms with van der Waals surface area (Å²) in [5, 5.41) is 2.95. The minimum absolute atomic E-state index is 0.126. The number of carbonyl (C=O) groups is 1. The standard InChI is InChI=1S/C12H21F3N2O/c1-3-16-7-6-11(18)17(8-12(13,14)15)9(2)10-4-5-10/h9-10,16H,3-8H2,1-2H3. The van der Waals surface area contributed by atoms with E-state index < -0.39 is 18.6 Å². The van der Waals surface area contributed by atoms with Crippen molar-refractivity contribution in [2.24, 2.45) is 5.92 Å². The van der Waals surface area contributed by atoms with Crippen molar-refractivity contribution in [1.29, 1.82) is 0 Å². The molecule has 1 amide bonds. The van der Waals surface area contributed by atoms with Gasteiger partial charge in [-0.25, -0.2) is 0 Å². The van der Waals surface area contributed by atoms with Gasteiger partial charge in [0.25, 0.3) is 0 Å². The highest BCUT2D eigenvalue weighted by atomic mass is 19.4. The van der Waals surface area contributed by atoms with Crippen LogP contribution in [0.3, 0.4) is 0 Å². The fourth-order valence-corrected chi connectivity index (χ4v) is 2.00. The molecule has 0 aromatic carbocycles. The fraction of sp³-hybridized carbons (Fsp3) is 0.917. The van der Waals surface area contributed by atoms with Crippen LogP contribution in [0.5, 0.6) is 0 Å². The van der Waals surface area contributed by atoms with Crippen LogP contribution in [0.15, 0.2) is 0 Å². The average Bonchev–Trinajstić information content (AvgIpc) is 3.07. The van der Waals surface area contributed by atoms with Crippen molar-refractivity contribution >= 4 is 5.91 Å². The molecule has 1 N–H and O–H groups in total. The van der Waals surface area contributed by atoms with E-state index in [1.165, 1.54) is 0 Å². The number of carbonyl (C=O) groups excluding carboxylic acids is 1. The summed E-state index contributed by atoms with van der Waals surface area (Å²) >= 11 is 0. The Morgan fingerprint density at radius 1 is 1.44 bits per heavy atom. The van der Waals surface area contributed by atoms with E-state index in [0.717, 1.165) is 17.7 Å². The molecule has 106 valence electrons. The molecule has 1 aliphatic carbocycles. The van der Waals surface area contributed by atoms with E-state index in [1.807, 2.05) is 6.92 Å². The first-order valence-electron chi connectivity index (χ1n) is 6.42. The Kier molecular flexibility index (Phi) is 5.44. The largest absolute Gasteiger partial charge is 0.406 e. The maximum Gasteiger partial charge on any atom is 0.406 e. The smallest absolute Gasteiger partial charge is 0.331 e. The van der Waals surface area contributed by atoms with Crippen molar-refractivity contribution in [3.05, 3.63) is 0 Å². The van der Waals surface area contributed by atoms with Crippen LogP contribution in [0.2, 0.25) is 0 Å². The van der Waals surface area contributed by atoms with Crippen LogP contribution >= 0.6 is 0 Å². The number of alkyl halides is 3. The van der Waals surface area contributed by atoms with Gasteiger partial charge in [0.2, 0.25) is 5.91 Å². The maximum absolute atomic E-state index is 12.5. The number of nitrogens with one attached hydrogen (secondary N) is 1. The first kappa shape index (κ1) is 15.3. The first-order chi connectivity index (χ1) is 8.35. The Morgan fingerprint density at radius 2 is 2.06 bits per heavy atom. The van der Waals surface area contributed by atoms with Crippen LogP contribution in [-0.2, 0) is 4.79 Å². The summed E-state index contributed by atoms with van der Waals surface area (Å²) in [6, 6.07) is -0.305. The van der Waals surface area contributed by atoms with Gasteiger partial charge in [-0.05, 0) is 32.2 Å². The summed E-state index contributed by atoms with van der Waals surface area (Å²) in [6.07, 6.45) is -2.34. The zero-order chi connectivity index (χ0) is 13.8. The molecule has 0 spiro atoms. The molecular weight excluding hydrogens is 245 g/mol. The van der Waals surface area contributed by atoms with Crippen LogP contribution in [0, 0.1) is 5.92 Å². The van der Waals surface area contributed by atoms with Gasteiger partial charge in [-0.1, -0.05) is 6.92 Å². The molecule has 0 aromatic heterocycles. The van der Waals surface area contributed by atoms with Gasteiger partial charge in [0, 0.05) is 19.0 Å². The van der Waals surface area contributed by atoms with Gasteiger partial charge in [-0.2, -0.15) is 13.2 Å². The van der Waals surface area contributed by atoms with Gasteiger partial charge >= 0.3 is 6.18 Å². The predicted octanol–water partition coefficient (Wildman–Crippen LogP) is 2.18. The van der Waals surface area contributed by atoms with Crippen molar-refractivity contribution < 1.29 is 18.0 Å². The molecule has 1 rings (SSSR count). The molecule has 18 heavy (non-hydrogen) atoms. The van der Waals surface area contributed by atoms with Gasteiger partial charge in [0.15, 0.2) is 0 Å². The lowest BCUT2D eigenvalue weighted by Gasteiger charge is -2.30. The Bertz CT molecular complexity index is 277. The minimum Gasteiger partial charge on any atom is -0.331 e. The van der Waals surface area contributed by atoms with E-state index in [0.29, 0.717) is 13.1 Å². The molecule has 1 atom stereocenters. The topological polar surface area (TPSA) is 32.3 Å². The van der Waals surface area contributed by atoms with E-state index >= 15 is 0 Å². The van der Waals surface area contributed by atoms with Crippen LogP contribution < -0.4 is 5.32 Å². The van der Waals surface area contributed by atoms with Crippen molar-refractivity contribution in [2.45, 2.75) is 45.3 Å². The van der Waals surface area contributed by atoms with Crippen molar-refractivity contribution in [3.8, 4) is 0 Å². The molecule has 0 saturated heterocycles. The van der Waals surface area contributed by atoms with Crippen LogP contribution in [0.1, 0.15) is 33.1 Å².